The summed E-state index contributed by atoms with van der Waals surface area (Å²) in [4.78, 5) is 36.2. The third-order valence-electron chi connectivity index (χ3n) is 3.88. The van der Waals surface area contributed by atoms with Crippen LogP contribution in [0.2, 0.25) is 0 Å². The van der Waals surface area contributed by atoms with Crippen LogP contribution in [0.3, 0.4) is 0 Å². The Morgan fingerprint density at radius 1 is 1.32 bits per heavy atom. The first-order chi connectivity index (χ1) is 12.2. The Balaban J connectivity index is 1.61. The summed E-state index contributed by atoms with van der Waals surface area (Å²) < 4.78 is 4.72. The Morgan fingerprint density at radius 2 is 2.16 bits per heavy atom. The molecule has 1 N–H and O–H groups in total. The average Bonchev–Trinajstić information content (AvgIpc) is 3.38. The van der Waals surface area contributed by atoms with Crippen molar-refractivity contribution in [3.8, 4) is 0 Å². The first kappa shape index (κ1) is 16.0. The lowest BCUT2D eigenvalue weighted by Gasteiger charge is -2.00. The van der Waals surface area contributed by atoms with Crippen molar-refractivity contribution in [1.82, 2.24) is 9.97 Å². The highest BCUT2D eigenvalue weighted by Gasteiger charge is 2.28. The number of hydrogen-bond acceptors (Lipinski definition) is 7. The van der Waals surface area contributed by atoms with Gasteiger partial charge in [0.15, 0.2) is 11.0 Å². The smallest absolute Gasteiger partial charge is 0.331 e. The standard InChI is InChI=1S/C17H13N3O3S2/c1-23-17(22)13-8-24-15(20-13)12-7-25-16(19-12)14(21)10-6-18-11-5-3-2-4-9(10)11/h2-7,13,18H,8H2,1H3. The summed E-state index contributed by atoms with van der Waals surface area (Å²) in [6.07, 6.45) is 1.71. The van der Waals surface area contributed by atoms with E-state index in [9.17, 15) is 9.59 Å². The van der Waals surface area contributed by atoms with E-state index in [0.29, 0.717) is 27.1 Å². The summed E-state index contributed by atoms with van der Waals surface area (Å²) in [7, 11) is 1.35. The summed E-state index contributed by atoms with van der Waals surface area (Å²) >= 11 is 2.73. The Labute approximate surface area is 151 Å². The van der Waals surface area contributed by atoms with E-state index < -0.39 is 6.04 Å². The number of ether oxygens (including phenoxy) is 1. The van der Waals surface area contributed by atoms with Crippen molar-refractivity contribution in [2.24, 2.45) is 4.99 Å². The molecule has 2 aromatic heterocycles. The number of ketones is 1. The van der Waals surface area contributed by atoms with E-state index >= 15 is 0 Å². The fourth-order valence-corrected chi connectivity index (χ4v) is 4.43. The first-order valence-electron chi connectivity index (χ1n) is 7.52. The molecule has 126 valence electrons. The van der Waals surface area contributed by atoms with E-state index in [-0.39, 0.29) is 11.8 Å². The molecule has 1 unspecified atom stereocenters. The number of nitrogens with zero attached hydrogens (tertiary/aromatic N) is 2. The molecule has 1 aromatic carbocycles. The monoisotopic (exact) mass is 371 g/mol. The Kier molecular flexibility index (Phi) is 4.14. The predicted octanol–water partition coefficient (Wildman–Crippen LogP) is 2.89. The average molecular weight is 371 g/mol. The molecule has 0 aliphatic carbocycles. The second kappa shape index (κ2) is 6.45. The van der Waals surface area contributed by atoms with Gasteiger partial charge in [0.05, 0.1) is 12.7 Å². The van der Waals surface area contributed by atoms with Gasteiger partial charge < -0.3 is 9.72 Å². The predicted molar refractivity (Wildman–Crippen MR) is 98.6 cm³/mol. The number of thiazole rings is 1. The van der Waals surface area contributed by atoms with Crippen molar-refractivity contribution in [3.63, 3.8) is 0 Å². The lowest BCUT2D eigenvalue weighted by Crippen LogP contribution is -2.19. The molecule has 0 amide bonds. The van der Waals surface area contributed by atoms with Crippen molar-refractivity contribution in [2.45, 2.75) is 6.04 Å². The molecule has 0 saturated carbocycles. The molecule has 1 aliphatic heterocycles. The van der Waals surface area contributed by atoms with Gasteiger partial charge in [0.25, 0.3) is 0 Å². The van der Waals surface area contributed by atoms with Crippen molar-refractivity contribution in [1.29, 1.82) is 0 Å². The fourth-order valence-electron chi connectivity index (χ4n) is 2.62. The van der Waals surface area contributed by atoms with Crippen LogP contribution in [-0.4, -0.2) is 45.7 Å². The van der Waals surface area contributed by atoms with E-state index in [1.54, 1.807) is 11.6 Å². The summed E-state index contributed by atoms with van der Waals surface area (Å²) in [5.74, 6) is 0.0558. The zero-order chi connectivity index (χ0) is 17.4. The molecule has 1 aliphatic rings. The molecule has 0 saturated heterocycles. The van der Waals surface area contributed by atoms with Crippen LogP contribution in [-0.2, 0) is 9.53 Å². The van der Waals surface area contributed by atoms with E-state index in [1.165, 1.54) is 30.2 Å². The molecule has 25 heavy (non-hydrogen) atoms. The Bertz CT molecular complexity index is 1010. The highest BCUT2D eigenvalue weighted by molar-refractivity contribution is 8.14. The third kappa shape index (κ3) is 2.87. The second-order valence-corrected chi connectivity index (χ2v) is 7.27. The van der Waals surface area contributed by atoms with Gasteiger partial charge in [0.2, 0.25) is 5.78 Å². The number of nitrogens with one attached hydrogen (secondary N) is 1. The van der Waals surface area contributed by atoms with Gasteiger partial charge in [-0.3, -0.25) is 9.79 Å². The molecule has 3 heterocycles. The maximum absolute atomic E-state index is 12.8. The van der Waals surface area contributed by atoms with Gasteiger partial charge in [0.1, 0.15) is 10.7 Å². The number of para-hydroxylation sites is 1. The van der Waals surface area contributed by atoms with Gasteiger partial charge >= 0.3 is 5.97 Å². The quantitative estimate of drug-likeness (QED) is 0.563. The molecule has 6 nitrogen and oxygen atoms in total. The van der Waals surface area contributed by atoms with Gasteiger partial charge in [-0.05, 0) is 6.07 Å². The highest BCUT2D eigenvalue weighted by Crippen LogP contribution is 2.27. The summed E-state index contributed by atoms with van der Waals surface area (Å²) in [5.41, 5.74) is 2.15. The highest BCUT2D eigenvalue weighted by atomic mass is 32.2. The van der Waals surface area contributed by atoms with Crippen LogP contribution in [0.1, 0.15) is 21.1 Å². The number of rotatable bonds is 4. The van der Waals surface area contributed by atoms with Gasteiger partial charge in [-0.25, -0.2) is 9.78 Å². The molecule has 4 rings (SSSR count). The maximum atomic E-state index is 12.8. The van der Waals surface area contributed by atoms with Crippen LogP contribution in [0.4, 0.5) is 0 Å². The number of thioether (sulfide) groups is 1. The van der Waals surface area contributed by atoms with Crippen LogP contribution >= 0.6 is 23.1 Å². The number of benzene rings is 1. The summed E-state index contributed by atoms with van der Waals surface area (Å²) in [6, 6.07) is 7.15. The first-order valence-corrected chi connectivity index (χ1v) is 9.39. The minimum absolute atomic E-state index is 0.123. The van der Waals surface area contributed by atoms with Crippen molar-refractivity contribution in [2.75, 3.05) is 12.9 Å². The van der Waals surface area contributed by atoms with Crippen LogP contribution in [0, 0.1) is 0 Å². The number of H-pyrrole nitrogens is 1. The molecule has 0 spiro atoms. The molecule has 8 heteroatoms. The van der Waals surface area contributed by atoms with Crippen molar-refractivity contribution in [3.05, 3.63) is 52.1 Å². The number of esters is 1. The minimum atomic E-state index is -0.500. The number of carbonyl (C=O) groups is 2. The zero-order valence-corrected chi connectivity index (χ0v) is 14.8. The van der Waals surface area contributed by atoms with Gasteiger partial charge in [-0.2, -0.15) is 0 Å². The van der Waals surface area contributed by atoms with Gasteiger partial charge in [-0.1, -0.05) is 18.2 Å². The number of methoxy groups -OCH3 is 1. The van der Waals surface area contributed by atoms with Crippen LogP contribution < -0.4 is 0 Å². The molecule has 3 aromatic rings. The molecule has 0 fully saturated rings. The lowest BCUT2D eigenvalue weighted by molar-refractivity contribution is -0.141. The Hall–Kier alpha value is -2.45. The maximum Gasteiger partial charge on any atom is 0.331 e. The van der Waals surface area contributed by atoms with Gasteiger partial charge in [-0.15, -0.1) is 23.1 Å². The number of fused-ring (bicyclic) bond motifs is 1. The number of aromatic nitrogens is 2. The van der Waals surface area contributed by atoms with E-state index in [1.807, 2.05) is 24.3 Å². The van der Waals surface area contributed by atoms with Crippen molar-refractivity contribution < 1.29 is 14.3 Å². The summed E-state index contributed by atoms with van der Waals surface area (Å²) in [6.45, 7) is 0. The second-order valence-electron chi connectivity index (χ2n) is 5.40. The molecule has 0 bridgehead atoms. The number of hydrogen-bond donors (Lipinski definition) is 1. The number of carbonyl (C=O) groups excluding carboxylic acids is 2. The SMILES string of the molecule is COC(=O)C1CSC(c2csc(C(=O)c3c[nH]c4ccccc34)n2)=N1. The molecule has 1 atom stereocenters. The number of aliphatic imine (C=N–C) groups is 1. The molecule has 0 radical (unpaired) electrons. The van der Waals surface area contributed by atoms with Crippen LogP contribution in [0.15, 0.2) is 40.8 Å². The van der Waals surface area contributed by atoms with Crippen molar-refractivity contribution >= 4 is 50.8 Å². The lowest BCUT2D eigenvalue weighted by atomic mass is 10.1. The van der Waals surface area contributed by atoms with Crippen LogP contribution in [0.25, 0.3) is 10.9 Å². The van der Waals surface area contributed by atoms with E-state index in [0.717, 1.165) is 10.9 Å². The largest absolute Gasteiger partial charge is 0.467 e. The fraction of sp³-hybridized carbons (Fsp3) is 0.176. The van der Waals surface area contributed by atoms with Gasteiger partial charge in [0, 0.05) is 28.2 Å². The normalized spacial score (nSPS) is 16.8. The molecular weight excluding hydrogens is 358 g/mol. The summed E-state index contributed by atoms with van der Waals surface area (Å²) in [5, 5.41) is 3.75. The van der Waals surface area contributed by atoms with E-state index in [4.69, 9.17) is 4.74 Å². The zero-order valence-electron chi connectivity index (χ0n) is 13.2. The third-order valence-corrected chi connectivity index (χ3v) is 5.79. The topological polar surface area (TPSA) is 84.4 Å². The van der Waals surface area contributed by atoms with E-state index in [2.05, 4.69) is 15.0 Å². The minimum Gasteiger partial charge on any atom is -0.467 e. The molecular formula is C17H13N3O3S2. The van der Waals surface area contributed by atoms with Crippen LogP contribution in [0.5, 0.6) is 0 Å². The Morgan fingerprint density at radius 3 is 3.00 bits per heavy atom. The number of aromatic amines is 1.